The summed E-state index contributed by atoms with van der Waals surface area (Å²) < 4.78 is 0. The summed E-state index contributed by atoms with van der Waals surface area (Å²) in [5, 5.41) is 19.4. The van der Waals surface area contributed by atoms with Crippen molar-refractivity contribution in [2.45, 2.75) is 6.42 Å². The molecule has 19 heavy (non-hydrogen) atoms. The lowest BCUT2D eigenvalue weighted by molar-refractivity contribution is -0.136. The maximum Gasteiger partial charge on any atom is 0.310 e. The number of carboxylic acids is 1. The van der Waals surface area contributed by atoms with E-state index in [4.69, 9.17) is 16.7 Å². The van der Waals surface area contributed by atoms with Gasteiger partial charge < -0.3 is 5.11 Å². The maximum atomic E-state index is 11.9. The molecule has 0 atom stereocenters. The predicted molar refractivity (Wildman–Crippen MR) is 70.7 cm³/mol. The molecule has 0 aliphatic heterocycles. The number of carbonyl (C=O) groups excluding carboxylic acids is 1. The number of halogens is 1. The Bertz CT molecular complexity index is 629. The van der Waals surface area contributed by atoms with Crippen molar-refractivity contribution in [2.24, 2.45) is 0 Å². The number of benzene rings is 1. The van der Waals surface area contributed by atoms with Gasteiger partial charge in [0.05, 0.1) is 17.0 Å². The van der Waals surface area contributed by atoms with E-state index in [0.29, 0.717) is 15.6 Å². The molecule has 0 saturated heterocycles. The second kappa shape index (κ2) is 5.77. The topological polar surface area (TPSA) is 92.2 Å². The van der Waals surface area contributed by atoms with Gasteiger partial charge in [-0.1, -0.05) is 35.1 Å². The number of anilines is 1. The number of carbonyl (C=O) groups is 2. The smallest absolute Gasteiger partial charge is 0.310 e. The molecular weight excluding hydrogens is 290 g/mol. The van der Waals surface area contributed by atoms with Gasteiger partial charge in [0.15, 0.2) is 0 Å². The number of carboxylic acid groups (broad SMARTS) is 1. The fraction of sp³-hybridized carbons (Fsp3) is 0.0909. The highest BCUT2D eigenvalue weighted by Gasteiger charge is 2.13. The van der Waals surface area contributed by atoms with Gasteiger partial charge in [-0.05, 0) is 12.1 Å². The van der Waals surface area contributed by atoms with Crippen LogP contribution in [0.1, 0.15) is 15.4 Å². The van der Waals surface area contributed by atoms with E-state index in [1.54, 1.807) is 24.3 Å². The Labute approximate surface area is 117 Å². The van der Waals surface area contributed by atoms with Crippen molar-refractivity contribution in [3.05, 3.63) is 39.9 Å². The zero-order chi connectivity index (χ0) is 13.8. The Balaban J connectivity index is 2.09. The van der Waals surface area contributed by atoms with E-state index < -0.39 is 11.9 Å². The molecule has 0 aliphatic rings. The van der Waals surface area contributed by atoms with Crippen molar-refractivity contribution in [2.75, 3.05) is 5.32 Å². The van der Waals surface area contributed by atoms with E-state index in [2.05, 4.69) is 15.5 Å². The van der Waals surface area contributed by atoms with E-state index in [-0.39, 0.29) is 11.6 Å². The SMILES string of the molecule is O=C(O)Cc1nnc(NC(=O)c2ccccc2Cl)s1. The van der Waals surface area contributed by atoms with E-state index in [0.717, 1.165) is 11.3 Å². The van der Waals surface area contributed by atoms with Crippen LogP contribution >= 0.6 is 22.9 Å². The van der Waals surface area contributed by atoms with Crippen LogP contribution < -0.4 is 5.32 Å². The Morgan fingerprint density at radius 2 is 2.05 bits per heavy atom. The summed E-state index contributed by atoms with van der Waals surface area (Å²) in [6, 6.07) is 6.59. The lowest BCUT2D eigenvalue weighted by Crippen LogP contribution is -2.12. The standard InChI is InChI=1S/C11H8ClN3O3S/c12-7-4-2-1-3-6(7)10(18)13-11-15-14-8(19-11)5-9(16)17/h1-4H,5H2,(H,16,17)(H,13,15,18). The van der Waals surface area contributed by atoms with Gasteiger partial charge in [0, 0.05) is 0 Å². The van der Waals surface area contributed by atoms with Crippen LogP contribution in [-0.2, 0) is 11.2 Å². The second-order valence-corrected chi connectivity index (χ2v) is 4.97. The molecule has 2 aromatic rings. The first-order valence-corrected chi connectivity index (χ1v) is 6.36. The number of rotatable bonds is 4. The van der Waals surface area contributed by atoms with Gasteiger partial charge in [-0.3, -0.25) is 14.9 Å². The lowest BCUT2D eigenvalue weighted by atomic mass is 10.2. The lowest BCUT2D eigenvalue weighted by Gasteiger charge is -2.02. The van der Waals surface area contributed by atoms with Crippen LogP contribution in [0.5, 0.6) is 0 Å². The first kappa shape index (κ1) is 13.4. The largest absolute Gasteiger partial charge is 0.481 e. The molecule has 0 unspecified atom stereocenters. The number of hydrogen-bond acceptors (Lipinski definition) is 5. The van der Waals surface area contributed by atoms with E-state index in [1.807, 2.05) is 0 Å². The predicted octanol–water partition coefficient (Wildman–Crippen LogP) is 2.07. The molecule has 0 aliphatic carbocycles. The van der Waals surface area contributed by atoms with Crippen LogP contribution in [0.25, 0.3) is 0 Å². The summed E-state index contributed by atoms with van der Waals surface area (Å²) in [4.78, 5) is 22.4. The summed E-state index contributed by atoms with van der Waals surface area (Å²) in [5.41, 5.74) is 0.319. The molecule has 0 fully saturated rings. The number of amides is 1. The summed E-state index contributed by atoms with van der Waals surface area (Å²) in [6.45, 7) is 0. The van der Waals surface area contributed by atoms with Crippen LogP contribution in [0.4, 0.5) is 5.13 Å². The van der Waals surface area contributed by atoms with Crippen molar-refractivity contribution >= 4 is 39.9 Å². The van der Waals surface area contributed by atoms with E-state index in [1.165, 1.54) is 0 Å². The number of nitrogens with one attached hydrogen (secondary N) is 1. The molecule has 1 amide bonds. The number of aromatic nitrogens is 2. The summed E-state index contributed by atoms with van der Waals surface area (Å²) >= 11 is 6.90. The van der Waals surface area contributed by atoms with Gasteiger partial charge in [0.1, 0.15) is 5.01 Å². The highest BCUT2D eigenvalue weighted by atomic mass is 35.5. The molecule has 98 valence electrons. The molecule has 0 spiro atoms. The minimum absolute atomic E-state index is 0.223. The molecule has 0 radical (unpaired) electrons. The highest BCUT2D eigenvalue weighted by Crippen LogP contribution is 2.19. The van der Waals surface area contributed by atoms with Crippen LogP contribution in [0.3, 0.4) is 0 Å². The third-order valence-electron chi connectivity index (χ3n) is 2.11. The zero-order valence-corrected chi connectivity index (χ0v) is 11.0. The quantitative estimate of drug-likeness (QED) is 0.901. The first-order valence-electron chi connectivity index (χ1n) is 5.16. The van der Waals surface area contributed by atoms with Gasteiger partial charge >= 0.3 is 5.97 Å². The monoisotopic (exact) mass is 297 g/mol. The molecule has 2 N–H and O–H groups in total. The number of aliphatic carboxylic acids is 1. The maximum absolute atomic E-state index is 11.9. The fourth-order valence-electron chi connectivity index (χ4n) is 1.31. The normalized spacial score (nSPS) is 10.2. The molecule has 0 bridgehead atoms. The van der Waals surface area contributed by atoms with Crippen molar-refractivity contribution < 1.29 is 14.7 Å². The molecule has 1 aromatic heterocycles. The van der Waals surface area contributed by atoms with E-state index >= 15 is 0 Å². The van der Waals surface area contributed by atoms with E-state index in [9.17, 15) is 9.59 Å². The zero-order valence-electron chi connectivity index (χ0n) is 9.46. The summed E-state index contributed by atoms with van der Waals surface area (Å²) in [6.07, 6.45) is -0.223. The third kappa shape index (κ3) is 3.49. The van der Waals surface area contributed by atoms with Crippen molar-refractivity contribution in [3.8, 4) is 0 Å². The second-order valence-electron chi connectivity index (χ2n) is 3.51. The molecule has 6 nitrogen and oxygen atoms in total. The van der Waals surface area contributed by atoms with Crippen LogP contribution in [0, 0.1) is 0 Å². The minimum atomic E-state index is -1.000. The van der Waals surface area contributed by atoms with Crippen molar-refractivity contribution in [1.29, 1.82) is 0 Å². The average Bonchev–Trinajstić information content (AvgIpc) is 2.76. The van der Waals surface area contributed by atoms with Gasteiger partial charge in [-0.15, -0.1) is 10.2 Å². The van der Waals surface area contributed by atoms with Gasteiger partial charge in [0.2, 0.25) is 5.13 Å². The summed E-state index contributed by atoms with van der Waals surface area (Å²) in [5.74, 6) is -1.41. The van der Waals surface area contributed by atoms with Crippen LogP contribution in [0.15, 0.2) is 24.3 Å². The van der Waals surface area contributed by atoms with Gasteiger partial charge in [-0.2, -0.15) is 0 Å². The first-order chi connectivity index (χ1) is 9.06. The Hall–Kier alpha value is -1.99. The summed E-state index contributed by atoms with van der Waals surface area (Å²) in [7, 11) is 0. The molecule has 2 rings (SSSR count). The van der Waals surface area contributed by atoms with Crippen molar-refractivity contribution in [1.82, 2.24) is 10.2 Å². The third-order valence-corrected chi connectivity index (χ3v) is 3.28. The molecule has 8 heteroatoms. The molecular formula is C11H8ClN3O3S. The number of nitrogens with zero attached hydrogens (tertiary/aromatic N) is 2. The highest BCUT2D eigenvalue weighted by molar-refractivity contribution is 7.15. The number of hydrogen-bond donors (Lipinski definition) is 2. The fourth-order valence-corrected chi connectivity index (χ4v) is 2.26. The molecule has 0 saturated carbocycles. The Morgan fingerprint density at radius 1 is 1.32 bits per heavy atom. The Morgan fingerprint density at radius 3 is 2.74 bits per heavy atom. The van der Waals surface area contributed by atoms with Crippen molar-refractivity contribution in [3.63, 3.8) is 0 Å². The average molecular weight is 298 g/mol. The van der Waals surface area contributed by atoms with Crippen LogP contribution in [-0.4, -0.2) is 27.2 Å². The molecule has 1 aromatic carbocycles. The Kier molecular flexibility index (Phi) is 4.08. The van der Waals surface area contributed by atoms with Gasteiger partial charge in [0.25, 0.3) is 5.91 Å². The van der Waals surface area contributed by atoms with Crippen LogP contribution in [0.2, 0.25) is 5.02 Å². The van der Waals surface area contributed by atoms with Gasteiger partial charge in [-0.25, -0.2) is 0 Å². The minimum Gasteiger partial charge on any atom is -0.481 e. The molecule has 1 heterocycles.